The molecule has 0 bridgehead atoms. The zero-order chi connectivity index (χ0) is 52.5. The van der Waals surface area contributed by atoms with E-state index in [4.69, 9.17) is 14.2 Å². The van der Waals surface area contributed by atoms with Crippen LogP contribution in [0.15, 0.2) is 24.3 Å². The van der Waals surface area contributed by atoms with E-state index < -0.39 is 67.4 Å². The minimum Gasteiger partial charge on any atom is -0.454 e. The number of allylic oxidation sites excluding steroid dienone is 3. The minimum atomic E-state index is -1.61. The molecule has 0 aromatic carbocycles. The van der Waals surface area contributed by atoms with Crippen LogP contribution in [0, 0.1) is 0 Å². The number of aliphatic hydroxyl groups is 5. The van der Waals surface area contributed by atoms with E-state index in [1.54, 1.807) is 6.08 Å². The average molecular weight is 1020 g/mol. The van der Waals surface area contributed by atoms with Gasteiger partial charge in [-0.05, 0) is 51.4 Å². The number of unbranched alkanes of at least 4 members (excludes halogenated alkanes) is 36. The first-order valence-electron chi connectivity index (χ1n) is 30.6. The van der Waals surface area contributed by atoms with Crippen LogP contribution in [0.25, 0.3) is 0 Å². The van der Waals surface area contributed by atoms with Gasteiger partial charge in [0.2, 0.25) is 5.91 Å². The van der Waals surface area contributed by atoms with Gasteiger partial charge in [0.15, 0.2) is 12.4 Å². The summed E-state index contributed by atoms with van der Waals surface area (Å²) < 4.78 is 17.6. The fourth-order valence-electron chi connectivity index (χ4n) is 9.71. The van der Waals surface area contributed by atoms with E-state index in [2.05, 4.69) is 38.2 Å². The van der Waals surface area contributed by atoms with Crippen molar-refractivity contribution in [2.45, 2.75) is 339 Å². The molecule has 1 saturated heterocycles. The summed E-state index contributed by atoms with van der Waals surface area (Å²) in [5.41, 5.74) is 0. The first-order chi connectivity index (χ1) is 35.2. The maximum Gasteiger partial charge on any atom is 0.306 e. The van der Waals surface area contributed by atoms with Gasteiger partial charge in [-0.1, -0.05) is 257 Å². The molecule has 0 aliphatic carbocycles. The Bertz CT molecular complexity index is 1270. The van der Waals surface area contributed by atoms with Crippen LogP contribution in [0.3, 0.4) is 0 Å². The molecule has 72 heavy (non-hydrogen) atoms. The predicted octanol–water partition coefficient (Wildman–Crippen LogP) is 14.1. The standard InChI is InChI=1S/C61H115NO10/c1-4-7-10-13-16-19-22-24-25-26-27-28-29-30-31-32-34-37-40-43-46-49-56(66)72-59-58(68)57(67)55(50-63)71-61(59)70-51-52(53(64)47-44-41-38-36-33-23-20-17-14-11-8-5-2)62-60(69)54(65)48-45-42-39-35-21-18-15-12-9-6-3/h24-25,44,47,52-55,57-59,61,63-65,67-68H,4-23,26-43,45-46,48-51H2,1-3H3,(H,62,69)/b25-24+,47-44+. The van der Waals surface area contributed by atoms with Crippen molar-refractivity contribution >= 4 is 11.9 Å². The van der Waals surface area contributed by atoms with E-state index in [1.807, 2.05) is 6.08 Å². The van der Waals surface area contributed by atoms with Gasteiger partial charge in [-0.2, -0.15) is 0 Å². The maximum absolute atomic E-state index is 13.3. The molecule has 8 atom stereocenters. The van der Waals surface area contributed by atoms with Crippen molar-refractivity contribution in [2.75, 3.05) is 13.2 Å². The van der Waals surface area contributed by atoms with E-state index in [1.165, 1.54) is 186 Å². The molecule has 0 spiro atoms. The summed E-state index contributed by atoms with van der Waals surface area (Å²) in [6, 6.07) is -1.02. The second-order valence-corrected chi connectivity index (χ2v) is 21.4. The van der Waals surface area contributed by atoms with Crippen LogP contribution in [0.2, 0.25) is 0 Å². The molecule has 0 radical (unpaired) electrons. The molecular formula is C61H115NO10. The highest BCUT2D eigenvalue weighted by molar-refractivity contribution is 5.80. The van der Waals surface area contributed by atoms with Crippen molar-refractivity contribution < 1.29 is 49.3 Å². The van der Waals surface area contributed by atoms with Gasteiger partial charge in [0.25, 0.3) is 0 Å². The topological polar surface area (TPSA) is 175 Å². The molecule has 0 aromatic rings. The lowest BCUT2D eigenvalue weighted by molar-refractivity contribution is -0.305. The summed E-state index contributed by atoms with van der Waals surface area (Å²) >= 11 is 0. The summed E-state index contributed by atoms with van der Waals surface area (Å²) in [7, 11) is 0. The first kappa shape index (κ1) is 68.2. The molecule has 11 nitrogen and oxygen atoms in total. The molecule has 0 saturated carbocycles. The van der Waals surface area contributed by atoms with Crippen molar-refractivity contribution in [3.05, 3.63) is 24.3 Å². The third kappa shape index (κ3) is 37.8. The van der Waals surface area contributed by atoms with Crippen molar-refractivity contribution in [1.29, 1.82) is 0 Å². The highest BCUT2D eigenvalue weighted by atomic mass is 16.7. The predicted molar refractivity (Wildman–Crippen MR) is 297 cm³/mol. The van der Waals surface area contributed by atoms with Gasteiger partial charge in [0.1, 0.15) is 24.4 Å². The Hall–Kier alpha value is -1.86. The van der Waals surface area contributed by atoms with Gasteiger partial charge < -0.3 is 45.1 Å². The Balaban J connectivity index is 2.62. The fourth-order valence-corrected chi connectivity index (χ4v) is 9.71. The number of ether oxygens (including phenoxy) is 3. The maximum atomic E-state index is 13.3. The molecule has 8 unspecified atom stereocenters. The highest BCUT2D eigenvalue weighted by Gasteiger charge is 2.47. The van der Waals surface area contributed by atoms with Gasteiger partial charge in [-0.15, -0.1) is 0 Å². The zero-order valence-electron chi connectivity index (χ0n) is 46.8. The molecule has 1 heterocycles. The minimum absolute atomic E-state index is 0.127. The molecule has 1 amide bonds. The number of esters is 1. The molecule has 0 aromatic heterocycles. The lowest BCUT2D eigenvalue weighted by atomic mass is 9.99. The van der Waals surface area contributed by atoms with Crippen LogP contribution < -0.4 is 5.32 Å². The first-order valence-corrected chi connectivity index (χ1v) is 30.6. The smallest absolute Gasteiger partial charge is 0.306 e. The SMILES string of the molecule is CCCCCCCC/C=C/CCCCCCCCCCCCCC(=O)OC1C(OCC(NC(=O)C(O)CCCCCCCCCCCC)C(O)/C=C/CCCCCCCCCCCC)OC(CO)C(O)C1O. The molecular weight excluding hydrogens is 907 g/mol. The van der Waals surface area contributed by atoms with Crippen LogP contribution in [0.1, 0.15) is 290 Å². The highest BCUT2D eigenvalue weighted by Crippen LogP contribution is 2.26. The van der Waals surface area contributed by atoms with E-state index in [-0.39, 0.29) is 13.0 Å². The Kier molecular flexibility index (Phi) is 47.3. The van der Waals surface area contributed by atoms with Gasteiger partial charge >= 0.3 is 5.97 Å². The van der Waals surface area contributed by atoms with Gasteiger partial charge in [0, 0.05) is 6.42 Å². The van der Waals surface area contributed by atoms with Crippen molar-refractivity contribution in [1.82, 2.24) is 5.32 Å². The van der Waals surface area contributed by atoms with Crippen LogP contribution in [-0.2, 0) is 23.8 Å². The number of hydrogen-bond donors (Lipinski definition) is 6. The van der Waals surface area contributed by atoms with E-state index >= 15 is 0 Å². The largest absolute Gasteiger partial charge is 0.454 e. The van der Waals surface area contributed by atoms with Crippen LogP contribution in [0.4, 0.5) is 0 Å². The fraction of sp³-hybridized carbons (Fsp3) is 0.902. The van der Waals surface area contributed by atoms with Crippen molar-refractivity contribution in [2.24, 2.45) is 0 Å². The van der Waals surface area contributed by atoms with Crippen molar-refractivity contribution in [3.8, 4) is 0 Å². The summed E-state index contributed by atoms with van der Waals surface area (Å²) in [6.45, 7) is 5.78. The molecule has 424 valence electrons. The summed E-state index contributed by atoms with van der Waals surface area (Å²) in [5, 5.41) is 56.8. The normalized spacial score (nSPS) is 19.6. The Labute approximate surface area is 441 Å². The monoisotopic (exact) mass is 1020 g/mol. The van der Waals surface area contributed by atoms with E-state index in [0.717, 1.165) is 57.8 Å². The third-order valence-electron chi connectivity index (χ3n) is 14.6. The van der Waals surface area contributed by atoms with Crippen LogP contribution >= 0.6 is 0 Å². The quantitative estimate of drug-likeness (QED) is 0.0195. The Morgan fingerprint density at radius 2 is 0.917 bits per heavy atom. The number of aliphatic hydroxyl groups excluding tert-OH is 5. The molecule has 1 fully saturated rings. The average Bonchev–Trinajstić information content (AvgIpc) is 3.38. The van der Waals surface area contributed by atoms with Gasteiger partial charge in [-0.3, -0.25) is 9.59 Å². The number of nitrogens with one attached hydrogen (secondary N) is 1. The molecule has 1 rings (SSSR count). The zero-order valence-corrected chi connectivity index (χ0v) is 46.8. The third-order valence-corrected chi connectivity index (χ3v) is 14.6. The van der Waals surface area contributed by atoms with E-state index in [0.29, 0.717) is 19.3 Å². The summed E-state index contributed by atoms with van der Waals surface area (Å²) in [6.07, 6.45) is 46.6. The number of carbonyl (C=O) groups is 2. The Morgan fingerprint density at radius 3 is 1.35 bits per heavy atom. The molecule has 11 heteroatoms. The molecule has 1 aliphatic heterocycles. The van der Waals surface area contributed by atoms with Gasteiger partial charge in [0.05, 0.1) is 25.4 Å². The van der Waals surface area contributed by atoms with Crippen LogP contribution in [0.5, 0.6) is 0 Å². The van der Waals surface area contributed by atoms with E-state index in [9.17, 15) is 35.1 Å². The summed E-state index contributed by atoms with van der Waals surface area (Å²) in [5.74, 6) is -1.19. The Morgan fingerprint density at radius 1 is 0.528 bits per heavy atom. The molecule has 1 aliphatic rings. The van der Waals surface area contributed by atoms with Crippen molar-refractivity contribution in [3.63, 3.8) is 0 Å². The number of carbonyl (C=O) groups excluding carboxylic acids is 2. The molecule has 6 N–H and O–H groups in total. The second-order valence-electron chi connectivity index (χ2n) is 21.4. The summed E-state index contributed by atoms with van der Waals surface area (Å²) in [4.78, 5) is 26.5. The number of hydrogen-bond acceptors (Lipinski definition) is 10. The van der Waals surface area contributed by atoms with Crippen LogP contribution in [-0.4, -0.2) is 99.6 Å². The number of rotatable bonds is 52. The number of amides is 1. The lowest BCUT2D eigenvalue weighted by Crippen LogP contribution is -2.61. The van der Waals surface area contributed by atoms with Gasteiger partial charge in [-0.25, -0.2) is 0 Å². The lowest BCUT2D eigenvalue weighted by Gasteiger charge is -2.41. The second kappa shape index (κ2) is 50.0.